The number of carbonyl (C=O) groups is 2. The van der Waals surface area contributed by atoms with Gasteiger partial charge in [-0.1, -0.05) is 35.9 Å². The predicted octanol–water partition coefficient (Wildman–Crippen LogP) is 2.50. The number of rotatable bonds is 7. The van der Waals surface area contributed by atoms with Gasteiger partial charge in [0.1, 0.15) is 6.04 Å². The van der Waals surface area contributed by atoms with Crippen molar-refractivity contribution in [3.8, 4) is 0 Å². The summed E-state index contributed by atoms with van der Waals surface area (Å²) in [5, 5.41) is 2.88. The second-order valence-electron chi connectivity index (χ2n) is 5.80. The van der Waals surface area contributed by atoms with Crippen molar-refractivity contribution in [2.24, 2.45) is 0 Å². The van der Waals surface area contributed by atoms with Crippen molar-refractivity contribution in [2.45, 2.75) is 24.8 Å². The maximum atomic E-state index is 12.2. The van der Waals surface area contributed by atoms with Gasteiger partial charge in [-0.05, 0) is 43.7 Å². The van der Waals surface area contributed by atoms with Crippen LogP contribution in [0.1, 0.15) is 12.5 Å². The molecule has 2 N–H and O–H groups in total. The summed E-state index contributed by atoms with van der Waals surface area (Å²) < 4.78 is 31.4. The number of ether oxygens (including phenoxy) is 1. The molecule has 0 aliphatic carbocycles. The van der Waals surface area contributed by atoms with E-state index >= 15 is 0 Å². The summed E-state index contributed by atoms with van der Waals surface area (Å²) in [7, 11) is -3.87. The Labute approximate surface area is 162 Å². The molecule has 9 heteroatoms. The van der Waals surface area contributed by atoms with Gasteiger partial charge in [0, 0.05) is 0 Å². The van der Waals surface area contributed by atoms with Crippen LogP contribution in [0.5, 0.6) is 0 Å². The summed E-state index contributed by atoms with van der Waals surface area (Å²) in [5.74, 6) is -1.47. The van der Waals surface area contributed by atoms with E-state index in [2.05, 4.69) is 10.0 Å². The minimum absolute atomic E-state index is 0.0244. The number of halogens is 1. The van der Waals surface area contributed by atoms with E-state index in [0.29, 0.717) is 10.7 Å². The Kier molecular flexibility index (Phi) is 6.95. The monoisotopic (exact) mass is 410 g/mol. The lowest BCUT2D eigenvalue weighted by Crippen LogP contribution is -2.40. The summed E-state index contributed by atoms with van der Waals surface area (Å²) in [6.45, 7) is 2.62. The predicted molar refractivity (Wildman–Crippen MR) is 102 cm³/mol. The van der Waals surface area contributed by atoms with Crippen LogP contribution in [0.3, 0.4) is 0 Å². The second-order valence-corrected chi connectivity index (χ2v) is 7.92. The molecular formula is C18H19ClN2O5S. The Morgan fingerprint density at radius 1 is 1.15 bits per heavy atom. The van der Waals surface area contributed by atoms with Crippen LogP contribution in [-0.4, -0.2) is 32.9 Å². The highest BCUT2D eigenvalue weighted by Crippen LogP contribution is 2.22. The molecule has 0 aliphatic heterocycles. The van der Waals surface area contributed by atoms with Gasteiger partial charge in [0.25, 0.3) is 5.91 Å². The number of anilines is 1. The van der Waals surface area contributed by atoms with Crippen molar-refractivity contribution in [3.05, 3.63) is 59.1 Å². The average Bonchev–Trinajstić information content (AvgIpc) is 2.62. The first-order valence-electron chi connectivity index (χ1n) is 7.99. The van der Waals surface area contributed by atoms with E-state index in [1.165, 1.54) is 19.1 Å². The van der Waals surface area contributed by atoms with Crippen LogP contribution in [0.15, 0.2) is 53.4 Å². The molecule has 0 bridgehead atoms. The van der Waals surface area contributed by atoms with E-state index in [1.54, 1.807) is 36.4 Å². The van der Waals surface area contributed by atoms with E-state index in [4.69, 9.17) is 16.3 Å². The van der Waals surface area contributed by atoms with Gasteiger partial charge in [0.2, 0.25) is 10.0 Å². The minimum Gasteiger partial charge on any atom is -0.454 e. The largest absolute Gasteiger partial charge is 0.454 e. The Balaban J connectivity index is 1.88. The number of benzene rings is 2. The highest BCUT2D eigenvalue weighted by molar-refractivity contribution is 7.89. The van der Waals surface area contributed by atoms with Gasteiger partial charge in [-0.25, -0.2) is 8.42 Å². The third-order valence-corrected chi connectivity index (χ3v) is 5.35. The lowest BCUT2D eigenvalue weighted by molar-refractivity contribution is -0.148. The first-order chi connectivity index (χ1) is 12.7. The summed E-state index contributed by atoms with van der Waals surface area (Å²) in [4.78, 5) is 23.9. The molecule has 0 saturated heterocycles. The molecule has 0 aliphatic rings. The Morgan fingerprint density at radius 2 is 1.81 bits per heavy atom. The van der Waals surface area contributed by atoms with Gasteiger partial charge in [0.05, 0.1) is 15.6 Å². The second kappa shape index (κ2) is 8.98. The van der Waals surface area contributed by atoms with Gasteiger partial charge in [-0.2, -0.15) is 4.72 Å². The van der Waals surface area contributed by atoms with Crippen LogP contribution in [0.4, 0.5) is 5.69 Å². The zero-order valence-corrected chi connectivity index (χ0v) is 16.3. The quantitative estimate of drug-likeness (QED) is 0.683. The summed E-state index contributed by atoms with van der Waals surface area (Å²) in [5.41, 5.74) is 1.32. The molecule has 1 atom stereocenters. The molecule has 0 aromatic heterocycles. The third-order valence-electron chi connectivity index (χ3n) is 3.48. The highest BCUT2D eigenvalue weighted by atomic mass is 35.5. The van der Waals surface area contributed by atoms with E-state index < -0.39 is 34.5 Å². The third kappa shape index (κ3) is 6.06. The molecule has 1 amide bonds. The molecule has 0 radical (unpaired) electrons. The first kappa shape index (κ1) is 20.9. The van der Waals surface area contributed by atoms with Crippen LogP contribution < -0.4 is 10.0 Å². The normalized spacial score (nSPS) is 12.3. The van der Waals surface area contributed by atoms with Crippen LogP contribution in [-0.2, 0) is 24.3 Å². The fraction of sp³-hybridized carbons (Fsp3) is 0.222. The van der Waals surface area contributed by atoms with Crippen LogP contribution in [0.2, 0.25) is 5.02 Å². The van der Waals surface area contributed by atoms with Crippen molar-refractivity contribution in [1.82, 2.24) is 4.72 Å². The molecule has 2 aromatic rings. The molecule has 0 saturated carbocycles. The lowest BCUT2D eigenvalue weighted by Gasteiger charge is -2.14. The summed E-state index contributed by atoms with van der Waals surface area (Å²) >= 11 is 6.02. The van der Waals surface area contributed by atoms with Gasteiger partial charge in [-0.3, -0.25) is 9.59 Å². The SMILES string of the molecule is Cc1ccc(NC(=O)COC(=O)[C@H](C)NS(=O)(=O)c2ccccc2)c(Cl)c1. The maximum absolute atomic E-state index is 12.2. The standard InChI is InChI=1S/C18H19ClN2O5S/c1-12-8-9-16(15(19)10-12)20-17(22)11-26-18(23)13(2)21-27(24,25)14-6-4-3-5-7-14/h3-10,13,21H,11H2,1-2H3,(H,20,22)/t13-/m0/s1. The molecule has 2 aromatic carbocycles. The topological polar surface area (TPSA) is 102 Å². The van der Waals surface area contributed by atoms with E-state index in [-0.39, 0.29) is 4.90 Å². The number of esters is 1. The Hall–Kier alpha value is -2.42. The molecule has 0 fully saturated rings. The molecular weight excluding hydrogens is 392 g/mol. The van der Waals surface area contributed by atoms with Gasteiger partial charge in [-0.15, -0.1) is 0 Å². The number of sulfonamides is 1. The molecule has 2 rings (SSSR count). The number of aryl methyl sites for hydroxylation is 1. The van der Waals surface area contributed by atoms with Crippen molar-refractivity contribution in [1.29, 1.82) is 0 Å². The maximum Gasteiger partial charge on any atom is 0.324 e. The Morgan fingerprint density at radius 3 is 2.44 bits per heavy atom. The van der Waals surface area contributed by atoms with E-state index in [1.807, 2.05) is 6.92 Å². The van der Waals surface area contributed by atoms with Crippen molar-refractivity contribution < 1.29 is 22.7 Å². The minimum atomic E-state index is -3.87. The van der Waals surface area contributed by atoms with Gasteiger partial charge >= 0.3 is 5.97 Å². The Bertz CT molecular complexity index is 932. The number of carbonyl (C=O) groups excluding carboxylic acids is 2. The molecule has 0 spiro atoms. The smallest absolute Gasteiger partial charge is 0.324 e. The summed E-state index contributed by atoms with van der Waals surface area (Å²) in [6.07, 6.45) is 0. The zero-order valence-electron chi connectivity index (χ0n) is 14.7. The summed E-state index contributed by atoms with van der Waals surface area (Å²) in [6, 6.07) is 11.5. The van der Waals surface area contributed by atoms with Crippen molar-refractivity contribution in [3.63, 3.8) is 0 Å². The number of nitrogens with one attached hydrogen (secondary N) is 2. The van der Waals surface area contributed by atoms with Crippen LogP contribution in [0, 0.1) is 6.92 Å². The van der Waals surface area contributed by atoms with Crippen LogP contribution in [0.25, 0.3) is 0 Å². The number of hydrogen-bond acceptors (Lipinski definition) is 5. The highest BCUT2D eigenvalue weighted by Gasteiger charge is 2.23. The molecule has 0 unspecified atom stereocenters. The fourth-order valence-corrected chi connectivity index (χ4v) is 3.61. The fourth-order valence-electron chi connectivity index (χ4n) is 2.12. The first-order valence-corrected chi connectivity index (χ1v) is 9.85. The molecule has 27 heavy (non-hydrogen) atoms. The van der Waals surface area contributed by atoms with Crippen molar-refractivity contribution in [2.75, 3.05) is 11.9 Å². The molecule has 144 valence electrons. The van der Waals surface area contributed by atoms with Gasteiger partial charge < -0.3 is 10.1 Å². The van der Waals surface area contributed by atoms with Gasteiger partial charge in [0.15, 0.2) is 6.61 Å². The lowest BCUT2D eigenvalue weighted by atomic mass is 10.2. The molecule has 7 nitrogen and oxygen atoms in total. The van der Waals surface area contributed by atoms with E-state index in [0.717, 1.165) is 5.56 Å². The zero-order chi connectivity index (χ0) is 20.0. The van der Waals surface area contributed by atoms with Crippen molar-refractivity contribution >= 4 is 39.2 Å². The average molecular weight is 411 g/mol. The number of hydrogen-bond donors (Lipinski definition) is 2. The molecule has 0 heterocycles. The number of amides is 1. The van der Waals surface area contributed by atoms with E-state index in [9.17, 15) is 18.0 Å². The van der Waals surface area contributed by atoms with Crippen LogP contribution >= 0.6 is 11.6 Å².